The average Bonchev–Trinajstić information content (AvgIpc) is 2.48. The Labute approximate surface area is 145 Å². The Hall–Kier alpha value is -1.07. The van der Waals surface area contributed by atoms with Gasteiger partial charge in [0.15, 0.2) is 0 Å². The minimum Gasteiger partial charge on any atom is -0.347 e. The zero-order valence-electron chi connectivity index (χ0n) is 12.6. The zero-order valence-corrected chi connectivity index (χ0v) is 14.9. The summed E-state index contributed by atoms with van der Waals surface area (Å²) in [6.45, 7) is 1.24. The van der Waals surface area contributed by atoms with Crippen LogP contribution in [0.15, 0.2) is 24.4 Å². The fraction of sp³-hybridized carbons (Fsp3) is 0.333. The van der Waals surface area contributed by atoms with Gasteiger partial charge in [0.05, 0.1) is 15.7 Å². The molecule has 0 spiro atoms. The third-order valence-electron chi connectivity index (χ3n) is 3.10. The molecule has 1 aromatic carbocycles. The zero-order chi connectivity index (χ0) is 16.3. The van der Waals surface area contributed by atoms with Crippen LogP contribution in [0.25, 0.3) is 0 Å². The minimum atomic E-state index is 0.498. The fourth-order valence-electron chi connectivity index (χ4n) is 2.00. The largest absolute Gasteiger partial charge is 0.347 e. The van der Waals surface area contributed by atoms with E-state index >= 15 is 0 Å². The van der Waals surface area contributed by atoms with Crippen LogP contribution in [0.4, 0.5) is 5.95 Å². The van der Waals surface area contributed by atoms with Crippen molar-refractivity contribution >= 4 is 40.8 Å². The molecule has 0 aliphatic rings. The van der Waals surface area contributed by atoms with Gasteiger partial charge in [0.25, 0.3) is 0 Å². The molecule has 2 aromatic rings. The molecule has 1 heterocycles. The van der Waals surface area contributed by atoms with E-state index < -0.39 is 0 Å². The molecule has 0 saturated carbocycles. The van der Waals surface area contributed by atoms with Gasteiger partial charge >= 0.3 is 0 Å². The Kier molecular flexibility index (Phi) is 5.87. The van der Waals surface area contributed by atoms with Crippen LogP contribution in [0.3, 0.4) is 0 Å². The number of hydrogen-bond donors (Lipinski definition) is 0. The molecule has 0 atom stereocenters. The Morgan fingerprint density at radius 2 is 1.64 bits per heavy atom. The van der Waals surface area contributed by atoms with Crippen molar-refractivity contribution in [3.05, 3.63) is 50.7 Å². The quantitative estimate of drug-likeness (QED) is 0.751. The topological polar surface area (TPSA) is 32.3 Å². The number of anilines is 1. The molecule has 4 nitrogen and oxygen atoms in total. The molecule has 118 valence electrons. The van der Waals surface area contributed by atoms with Crippen molar-refractivity contribution in [3.63, 3.8) is 0 Å². The van der Waals surface area contributed by atoms with Crippen molar-refractivity contribution in [3.8, 4) is 0 Å². The molecule has 22 heavy (non-hydrogen) atoms. The van der Waals surface area contributed by atoms with Gasteiger partial charge in [-0.3, -0.25) is 4.90 Å². The highest BCUT2D eigenvalue weighted by Crippen LogP contribution is 2.32. The fourth-order valence-corrected chi connectivity index (χ4v) is 2.67. The van der Waals surface area contributed by atoms with Gasteiger partial charge in [0.2, 0.25) is 5.95 Å². The van der Waals surface area contributed by atoms with Gasteiger partial charge in [0, 0.05) is 44.0 Å². The molecule has 7 heteroatoms. The first-order chi connectivity index (χ1) is 10.4. The summed E-state index contributed by atoms with van der Waals surface area (Å²) in [5.41, 5.74) is 1.75. The molecule has 2 rings (SSSR count). The molecule has 0 aliphatic heterocycles. The van der Waals surface area contributed by atoms with Crippen LogP contribution in [0.5, 0.6) is 0 Å². The molecule has 0 aliphatic carbocycles. The van der Waals surface area contributed by atoms with Crippen LogP contribution in [0, 0.1) is 0 Å². The SMILES string of the molecule is CN(Cc1ccnc(N(C)C)n1)Cc1c(Cl)ccc(Cl)c1Cl. The van der Waals surface area contributed by atoms with Gasteiger partial charge in [0.1, 0.15) is 0 Å². The van der Waals surface area contributed by atoms with Gasteiger partial charge in [-0.1, -0.05) is 34.8 Å². The maximum atomic E-state index is 6.24. The molecule has 0 saturated heterocycles. The number of hydrogen-bond acceptors (Lipinski definition) is 4. The van der Waals surface area contributed by atoms with Crippen LogP contribution >= 0.6 is 34.8 Å². The highest BCUT2D eigenvalue weighted by Gasteiger charge is 2.13. The number of aromatic nitrogens is 2. The molecule has 0 radical (unpaired) electrons. The minimum absolute atomic E-state index is 0.498. The van der Waals surface area contributed by atoms with E-state index in [1.54, 1.807) is 18.3 Å². The lowest BCUT2D eigenvalue weighted by molar-refractivity contribution is 0.315. The van der Waals surface area contributed by atoms with E-state index in [0.717, 1.165) is 11.3 Å². The van der Waals surface area contributed by atoms with E-state index in [2.05, 4.69) is 14.9 Å². The second-order valence-corrected chi connectivity index (χ2v) is 6.43. The van der Waals surface area contributed by atoms with Crippen LogP contribution < -0.4 is 4.90 Å². The Bertz CT molecular complexity index is 661. The van der Waals surface area contributed by atoms with Gasteiger partial charge in [-0.2, -0.15) is 0 Å². The summed E-state index contributed by atoms with van der Waals surface area (Å²) in [4.78, 5) is 12.6. The van der Waals surface area contributed by atoms with Crippen molar-refractivity contribution in [2.24, 2.45) is 0 Å². The molecule has 0 unspecified atom stereocenters. The van der Waals surface area contributed by atoms with Crippen LogP contribution in [0.2, 0.25) is 15.1 Å². The summed E-state index contributed by atoms with van der Waals surface area (Å²) in [6.07, 6.45) is 1.75. The number of nitrogens with zero attached hydrogens (tertiary/aromatic N) is 4. The predicted molar refractivity (Wildman–Crippen MR) is 93.0 cm³/mol. The summed E-state index contributed by atoms with van der Waals surface area (Å²) in [5, 5.41) is 1.61. The summed E-state index contributed by atoms with van der Waals surface area (Å²) in [7, 11) is 5.80. The van der Waals surface area contributed by atoms with Crippen molar-refractivity contribution in [1.82, 2.24) is 14.9 Å². The number of halogens is 3. The second kappa shape index (κ2) is 7.47. The third-order valence-corrected chi connectivity index (χ3v) is 4.30. The molecule has 0 bridgehead atoms. The third kappa shape index (κ3) is 4.23. The van der Waals surface area contributed by atoms with E-state index in [1.807, 2.05) is 32.1 Å². The lowest BCUT2D eigenvalue weighted by Gasteiger charge is -2.19. The summed E-state index contributed by atoms with van der Waals surface area (Å²) in [6, 6.07) is 5.35. The van der Waals surface area contributed by atoms with Crippen molar-refractivity contribution < 1.29 is 0 Å². The summed E-state index contributed by atoms with van der Waals surface area (Å²) in [5.74, 6) is 0.685. The summed E-state index contributed by atoms with van der Waals surface area (Å²) < 4.78 is 0. The first-order valence-electron chi connectivity index (χ1n) is 6.68. The highest BCUT2D eigenvalue weighted by molar-refractivity contribution is 6.44. The lowest BCUT2D eigenvalue weighted by Crippen LogP contribution is -2.20. The second-order valence-electron chi connectivity index (χ2n) is 5.24. The van der Waals surface area contributed by atoms with Crippen LogP contribution in [-0.2, 0) is 13.1 Å². The monoisotopic (exact) mass is 358 g/mol. The van der Waals surface area contributed by atoms with E-state index in [-0.39, 0.29) is 0 Å². The first kappa shape index (κ1) is 17.3. The Balaban J connectivity index is 2.12. The van der Waals surface area contributed by atoms with Gasteiger partial charge in [-0.15, -0.1) is 0 Å². The normalized spacial score (nSPS) is 11.0. The van der Waals surface area contributed by atoms with Crippen molar-refractivity contribution in [2.75, 3.05) is 26.0 Å². The Morgan fingerprint density at radius 3 is 2.32 bits per heavy atom. The van der Waals surface area contributed by atoms with Crippen molar-refractivity contribution in [1.29, 1.82) is 0 Å². The predicted octanol–water partition coefficient (Wildman–Crippen LogP) is 4.13. The molecule has 1 aromatic heterocycles. The van der Waals surface area contributed by atoms with Crippen LogP contribution in [-0.4, -0.2) is 36.0 Å². The summed E-state index contributed by atoms with van der Waals surface area (Å²) >= 11 is 18.5. The average molecular weight is 360 g/mol. The van der Waals surface area contributed by atoms with Gasteiger partial charge in [-0.25, -0.2) is 9.97 Å². The Morgan fingerprint density at radius 1 is 0.955 bits per heavy atom. The first-order valence-corrected chi connectivity index (χ1v) is 7.82. The van der Waals surface area contributed by atoms with E-state index in [0.29, 0.717) is 34.1 Å². The highest BCUT2D eigenvalue weighted by atomic mass is 35.5. The standard InChI is InChI=1S/C15H17Cl3N4/c1-21(2)15-19-7-6-10(20-15)8-22(3)9-11-12(16)4-5-13(17)14(11)18/h4-7H,8-9H2,1-3H3. The van der Waals surface area contributed by atoms with Crippen LogP contribution in [0.1, 0.15) is 11.3 Å². The molecular formula is C15H17Cl3N4. The maximum Gasteiger partial charge on any atom is 0.225 e. The van der Waals surface area contributed by atoms with Gasteiger partial charge in [-0.05, 0) is 25.2 Å². The molecule has 0 N–H and O–H groups in total. The van der Waals surface area contributed by atoms with Crippen molar-refractivity contribution in [2.45, 2.75) is 13.1 Å². The molecule has 0 fully saturated rings. The molecular weight excluding hydrogens is 343 g/mol. The maximum absolute atomic E-state index is 6.24. The van der Waals surface area contributed by atoms with E-state index in [9.17, 15) is 0 Å². The smallest absolute Gasteiger partial charge is 0.225 e. The van der Waals surface area contributed by atoms with Gasteiger partial charge < -0.3 is 4.90 Å². The number of rotatable bonds is 5. The number of benzene rings is 1. The van der Waals surface area contributed by atoms with E-state index in [4.69, 9.17) is 34.8 Å². The lowest BCUT2D eigenvalue weighted by atomic mass is 10.2. The molecule has 0 amide bonds. The van der Waals surface area contributed by atoms with E-state index in [1.165, 1.54) is 0 Å².